The third kappa shape index (κ3) is 3.54. The van der Waals surface area contributed by atoms with Crippen molar-refractivity contribution >= 4 is 0 Å². The molecule has 0 aromatic carbocycles. The summed E-state index contributed by atoms with van der Waals surface area (Å²) in [5.74, 6) is 1.07. The average Bonchev–Trinajstić information content (AvgIpc) is 3.00. The number of rotatable bonds is 5. The monoisotopic (exact) mass is 304 g/mol. The van der Waals surface area contributed by atoms with Crippen LogP contribution >= 0.6 is 0 Å². The minimum atomic E-state index is -0.587. The summed E-state index contributed by atoms with van der Waals surface area (Å²) in [6.07, 6.45) is 4.00. The van der Waals surface area contributed by atoms with Gasteiger partial charge in [-0.1, -0.05) is 12.1 Å². The SMILES string of the molecule is CCN1CCC(COc2ccc(-c3noc(=O)[nH]3)nc2)CC1. The van der Waals surface area contributed by atoms with E-state index in [4.69, 9.17) is 4.74 Å². The van der Waals surface area contributed by atoms with E-state index in [-0.39, 0.29) is 0 Å². The first-order valence-corrected chi connectivity index (χ1v) is 7.62. The molecule has 0 bridgehead atoms. The van der Waals surface area contributed by atoms with Crippen molar-refractivity contribution in [2.24, 2.45) is 5.92 Å². The fourth-order valence-electron chi connectivity index (χ4n) is 2.63. The molecule has 3 rings (SSSR count). The molecular formula is C15H20N4O3. The van der Waals surface area contributed by atoms with Gasteiger partial charge in [-0.05, 0) is 50.5 Å². The van der Waals surface area contributed by atoms with E-state index < -0.39 is 5.76 Å². The van der Waals surface area contributed by atoms with Gasteiger partial charge in [0.1, 0.15) is 11.4 Å². The Morgan fingerprint density at radius 3 is 2.82 bits per heavy atom. The number of H-pyrrole nitrogens is 1. The molecule has 0 atom stereocenters. The molecule has 7 nitrogen and oxygen atoms in total. The minimum absolute atomic E-state index is 0.323. The fraction of sp³-hybridized carbons (Fsp3) is 0.533. The van der Waals surface area contributed by atoms with Crippen molar-refractivity contribution in [1.29, 1.82) is 0 Å². The van der Waals surface area contributed by atoms with Crippen LogP contribution in [0, 0.1) is 5.92 Å². The molecule has 1 N–H and O–H groups in total. The Balaban J connectivity index is 1.52. The Labute approximate surface area is 128 Å². The van der Waals surface area contributed by atoms with Gasteiger partial charge in [-0.25, -0.2) is 9.78 Å². The average molecular weight is 304 g/mol. The van der Waals surface area contributed by atoms with Crippen LogP contribution in [0.4, 0.5) is 0 Å². The number of aromatic nitrogens is 3. The van der Waals surface area contributed by atoms with Gasteiger partial charge in [-0.2, -0.15) is 0 Å². The summed E-state index contributed by atoms with van der Waals surface area (Å²) in [6, 6.07) is 3.58. The molecule has 1 fully saturated rings. The lowest BCUT2D eigenvalue weighted by Crippen LogP contribution is -2.35. The number of nitrogens with one attached hydrogen (secondary N) is 1. The summed E-state index contributed by atoms with van der Waals surface area (Å²) in [6.45, 7) is 6.36. The first-order valence-electron chi connectivity index (χ1n) is 7.62. The van der Waals surface area contributed by atoms with Crippen LogP contribution in [0.25, 0.3) is 11.5 Å². The highest BCUT2D eigenvalue weighted by Crippen LogP contribution is 2.20. The van der Waals surface area contributed by atoms with Gasteiger partial charge in [-0.15, -0.1) is 0 Å². The summed E-state index contributed by atoms with van der Waals surface area (Å²) in [7, 11) is 0. The highest BCUT2D eigenvalue weighted by Gasteiger charge is 2.18. The van der Waals surface area contributed by atoms with Gasteiger partial charge in [0.2, 0.25) is 5.82 Å². The zero-order valence-corrected chi connectivity index (χ0v) is 12.6. The van der Waals surface area contributed by atoms with Gasteiger partial charge < -0.3 is 9.64 Å². The third-order valence-electron chi connectivity index (χ3n) is 4.06. The molecule has 3 heterocycles. The van der Waals surface area contributed by atoms with Crippen LogP contribution in [0.15, 0.2) is 27.6 Å². The number of hydrogen-bond donors (Lipinski definition) is 1. The second-order valence-electron chi connectivity index (χ2n) is 5.51. The van der Waals surface area contributed by atoms with E-state index in [0.717, 1.165) is 32.0 Å². The lowest BCUT2D eigenvalue weighted by Gasteiger charge is -2.30. The molecule has 0 amide bonds. The molecular weight excluding hydrogens is 284 g/mol. The largest absolute Gasteiger partial charge is 0.492 e. The number of pyridine rings is 1. The zero-order chi connectivity index (χ0) is 15.4. The highest BCUT2D eigenvalue weighted by atomic mass is 16.5. The van der Waals surface area contributed by atoms with E-state index in [1.807, 2.05) is 6.07 Å². The zero-order valence-electron chi connectivity index (χ0n) is 12.6. The first-order chi connectivity index (χ1) is 10.7. The molecule has 0 radical (unpaired) electrons. The number of hydrogen-bond acceptors (Lipinski definition) is 6. The van der Waals surface area contributed by atoms with Gasteiger partial charge in [0.15, 0.2) is 0 Å². The molecule has 0 spiro atoms. The molecule has 22 heavy (non-hydrogen) atoms. The van der Waals surface area contributed by atoms with Crippen LogP contribution in [-0.4, -0.2) is 46.3 Å². The van der Waals surface area contributed by atoms with Crippen LogP contribution in [0.1, 0.15) is 19.8 Å². The second kappa shape index (κ2) is 6.74. The van der Waals surface area contributed by atoms with Crippen molar-refractivity contribution in [3.8, 4) is 17.3 Å². The molecule has 0 saturated carbocycles. The Morgan fingerprint density at radius 2 is 2.23 bits per heavy atom. The van der Waals surface area contributed by atoms with Crippen molar-refractivity contribution in [3.05, 3.63) is 28.9 Å². The number of piperidine rings is 1. The number of nitrogens with zero attached hydrogens (tertiary/aromatic N) is 3. The summed E-state index contributed by atoms with van der Waals surface area (Å²) in [4.78, 5) is 20.1. The number of likely N-dealkylation sites (tertiary alicyclic amines) is 1. The Kier molecular flexibility index (Phi) is 4.53. The van der Waals surface area contributed by atoms with Crippen molar-refractivity contribution < 1.29 is 9.26 Å². The predicted molar refractivity (Wildman–Crippen MR) is 80.7 cm³/mol. The Morgan fingerprint density at radius 1 is 1.41 bits per heavy atom. The Hall–Kier alpha value is -2.15. The number of ether oxygens (including phenoxy) is 1. The van der Waals surface area contributed by atoms with Gasteiger partial charge in [-0.3, -0.25) is 9.51 Å². The van der Waals surface area contributed by atoms with Gasteiger partial charge in [0, 0.05) is 0 Å². The van der Waals surface area contributed by atoms with E-state index in [0.29, 0.717) is 17.4 Å². The maximum atomic E-state index is 10.9. The first kappa shape index (κ1) is 14.8. The summed E-state index contributed by atoms with van der Waals surface area (Å²) < 4.78 is 10.3. The lowest BCUT2D eigenvalue weighted by atomic mass is 9.98. The van der Waals surface area contributed by atoms with Crippen LogP contribution in [0.5, 0.6) is 5.75 Å². The van der Waals surface area contributed by atoms with Crippen molar-refractivity contribution in [2.45, 2.75) is 19.8 Å². The van der Waals surface area contributed by atoms with Crippen LogP contribution in [0.2, 0.25) is 0 Å². The molecule has 1 aliphatic heterocycles. The molecule has 0 aliphatic carbocycles. The van der Waals surface area contributed by atoms with Gasteiger partial charge >= 0.3 is 5.76 Å². The minimum Gasteiger partial charge on any atom is -0.492 e. The van der Waals surface area contributed by atoms with E-state index in [2.05, 4.69) is 31.5 Å². The summed E-state index contributed by atoms with van der Waals surface area (Å²) in [5, 5.41) is 3.60. The van der Waals surface area contributed by atoms with Crippen molar-refractivity contribution in [3.63, 3.8) is 0 Å². The fourth-order valence-corrected chi connectivity index (χ4v) is 2.63. The second-order valence-corrected chi connectivity index (χ2v) is 5.51. The number of aromatic amines is 1. The standard InChI is InChI=1S/C15H20N4O3/c1-2-19-7-5-11(6-8-19)10-21-12-3-4-13(16-9-12)14-17-15(20)22-18-14/h3-4,9,11H,2,5-8,10H2,1H3,(H,17,18,20). The van der Waals surface area contributed by atoms with Gasteiger partial charge in [0.25, 0.3) is 0 Å². The van der Waals surface area contributed by atoms with Crippen molar-refractivity contribution in [2.75, 3.05) is 26.2 Å². The molecule has 1 saturated heterocycles. The van der Waals surface area contributed by atoms with Crippen LogP contribution < -0.4 is 10.5 Å². The van der Waals surface area contributed by atoms with Gasteiger partial charge in [0.05, 0.1) is 12.8 Å². The predicted octanol–water partition coefficient (Wildman–Crippen LogP) is 1.54. The molecule has 7 heteroatoms. The normalized spacial score (nSPS) is 16.8. The van der Waals surface area contributed by atoms with Crippen LogP contribution in [-0.2, 0) is 0 Å². The quantitative estimate of drug-likeness (QED) is 0.902. The topological polar surface area (TPSA) is 84.2 Å². The summed E-state index contributed by atoms with van der Waals surface area (Å²) in [5.41, 5.74) is 0.550. The molecule has 1 aliphatic rings. The molecule has 118 valence electrons. The van der Waals surface area contributed by atoms with E-state index in [1.54, 1.807) is 12.3 Å². The van der Waals surface area contributed by atoms with E-state index in [1.165, 1.54) is 12.8 Å². The van der Waals surface area contributed by atoms with E-state index >= 15 is 0 Å². The van der Waals surface area contributed by atoms with Crippen molar-refractivity contribution in [1.82, 2.24) is 20.0 Å². The van der Waals surface area contributed by atoms with E-state index in [9.17, 15) is 4.79 Å². The smallest absolute Gasteiger partial charge is 0.439 e. The summed E-state index contributed by atoms with van der Waals surface area (Å²) >= 11 is 0. The molecule has 0 unspecified atom stereocenters. The highest BCUT2D eigenvalue weighted by molar-refractivity contribution is 5.48. The maximum Gasteiger partial charge on any atom is 0.439 e. The Bertz CT molecular complexity index is 641. The molecule has 2 aromatic heterocycles. The lowest BCUT2D eigenvalue weighted by molar-refractivity contribution is 0.145. The maximum absolute atomic E-state index is 10.9. The third-order valence-corrected chi connectivity index (χ3v) is 4.06. The van der Waals surface area contributed by atoms with Crippen LogP contribution in [0.3, 0.4) is 0 Å². The molecule has 2 aromatic rings.